The van der Waals surface area contributed by atoms with Crippen LogP contribution in [0.25, 0.3) is 5.76 Å². The number of hydrogen-bond acceptors (Lipinski definition) is 2. The standard InChI is InChI=1S/C17H10F6O2/c18-16(19,20)12-5-1-10(2-6-12)14(24)9-15(25)11-3-7-13(8-4-11)17(21,22)23/h1-9,24H. The normalized spacial score (nSPS) is 13.0. The SMILES string of the molecule is O=C(C=C(O)c1ccc(C(F)(F)F)cc1)c1ccc(C(F)(F)F)cc1. The average molecular weight is 360 g/mol. The second-order valence-electron chi connectivity index (χ2n) is 5.04. The van der Waals surface area contributed by atoms with Crippen LogP contribution in [0.15, 0.2) is 54.6 Å². The van der Waals surface area contributed by atoms with Gasteiger partial charge in [0, 0.05) is 17.2 Å². The van der Waals surface area contributed by atoms with Crippen LogP contribution in [0.2, 0.25) is 0 Å². The number of alkyl halides is 6. The maximum absolute atomic E-state index is 12.5. The lowest BCUT2D eigenvalue weighted by atomic mass is 10.0. The summed E-state index contributed by atoms with van der Waals surface area (Å²) < 4.78 is 74.7. The molecule has 0 atom stereocenters. The molecule has 0 aromatic heterocycles. The summed E-state index contributed by atoms with van der Waals surface area (Å²) in [6, 6.07) is 6.77. The van der Waals surface area contributed by atoms with E-state index in [9.17, 15) is 36.2 Å². The van der Waals surface area contributed by atoms with Crippen molar-refractivity contribution in [1.82, 2.24) is 0 Å². The molecule has 132 valence electrons. The molecule has 0 aliphatic carbocycles. The van der Waals surface area contributed by atoms with Crippen molar-refractivity contribution >= 4 is 11.5 Å². The van der Waals surface area contributed by atoms with E-state index in [4.69, 9.17) is 0 Å². The smallest absolute Gasteiger partial charge is 0.416 e. The van der Waals surface area contributed by atoms with Gasteiger partial charge in [-0.2, -0.15) is 26.3 Å². The molecule has 0 amide bonds. The van der Waals surface area contributed by atoms with E-state index in [-0.39, 0.29) is 11.1 Å². The fourth-order valence-electron chi connectivity index (χ4n) is 1.94. The zero-order valence-corrected chi connectivity index (χ0v) is 12.3. The van der Waals surface area contributed by atoms with Crippen molar-refractivity contribution in [3.8, 4) is 0 Å². The molecule has 0 saturated heterocycles. The lowest BCUT2D eigenvalue weighted by Crippen LogP contribution is -2.05. The molecular weight excluding hydrogens is 350 g/mol. The molecule has 2 aromatic rings. The molecule has 0 unspecified atom stereocenters. The summed E-state index contributed by atoms with van der Waals surface area (Å²) in [7, 11) is 0. The van der Waals surface area contributed by atoms with Gasteiger partial charge in [0.2, 0.25) is 0 Å². The molecule has 2 rings (SSSR count). The summed E-state index contributed by atoms with van der Waals surface area (Å²) in [5, 5.41) is 9.81. The number of aliphatic hydroxyl groups is 1. The Bertz CT molecular complexity index is 784. The number of allylic oxidation sites excluding steroid dienone is 1. The predicted octanol–water partition coefficient (Wildman–Crippen LogP) is 5.51. The number of carbonyl (C=O) groups is 1. The van der Waals surface area contributed by atoms with Gasteiger partial charge < -0.3 is 5.11 Å². The number of hydrogen-bond donors (Lipinski definition) is 1. The average Bonchev–Trinajstić information content (AvgIpc) is 2.53. The van der Waals surface area contributed by atoms with Gasteiger partial charge in [-0.3, -0.25) is 4.79 Å². The molecule has 0 spiro atoms. The van der Waals surface area contributed by atoms with Crippen LogP contribution in [0, 0.1) is 0 Å². The van der Waals surface area contributed by atoms with Crippen molar-refractivity contribution in [2.75, 3.05) is 0 Å². The summed E-state index contributed by atoms with van der Waals surface area (Å²) in [5.74, 6) is -1.38. The molecule has 8 heteroatoms. The quantitative estimate of drug-likeness (QED) is 0.339. The van der Waals surface area contributed by atoms with Gasteiger partial charge in [0.1, 0.15) is 5.76 Å². The van der Waals surface area contributed by atoms with Gasteiger partial charge in [0.25, 0.3) is 0 Å². The highest BCUT2D eigenvalue weighted by Crippen LogP contribution is 2.30. The van der Waals surface area contributed by atoms with Crippen LogP contribution in [0.3, 0.4) is 0 Å². The van der Waals surface area contributed by atoms with Crippen LogP contribution >= 0.6 is 0 Å². The zero-order valence-electron chi connectivity index (χ0n) is 12.3. The van der Waals surface area contributed by atoms with E-state index < -0.39 is 35.0 Å². The minimum atomic E-state index is -4.54. The molecule has 0 aliphatic heterocycles. The molecule has 25 heavy (non-hydrogen) atoms. The van der Waals surface area contributed by atoms with Gasteiger partial charge in [0.05, 0.1) is 11.1 Å². The Hall–Kier alpha value is -2.77. The van der Waals surface area contributed by atoms with Crippen molar-refractivity contribution < 1.29 is 36.2 Å². The Labute approximate surface area is 138 Å². The van der Waals surface area contributed by atoms with Gasteiger partial charge in [-0.05, 0) is 24.3 Å². The minimum Gasteiger partial charge on any atom is -0.507 e. The Morgan fingerprint density at radius 3 is 1.44 bits per heavy atom. The second kappa shape index (κ2) is 6.62. The van der Waals surface area contributed by atoms with E-state index in [0.717, 1.165) is 54.6 Å². The maximum Gasteiger partial charge on any atom is 0.416 e. The van der Waals surface area contributed by atoms with Crippen molar-refractivity contribution in [1.29, 1.82) is 0 Å². The van der Waals surface area contributed by atoms with Crippen LogP contribution in [0.5, 0.6) is 0 Å². The first-order valence-corrected chi connectivity index (χ1v) is 6.78. The molecule has 0 heterocycles. The van der Waals surface area contributed by atoms with Crippen LogP contribution in [-0.2, 0) is 12.4 Å². The van der Waals surface area contributed by atoms with Crippen molar-refractivity contribution in [2.24, 2.45) is 0 Å². The van der Waals surface area contributed by atoms with Crippen LogP contribution in [0.1, 0.15) is 27.0 Å². The third-order valence-corrected chi connectivity index (χ3v) is 3.27. The van der Waals surface area contributed by atoms with Gasteiger partial charge in [-0.25, -0.2) is 0 Å². The lowest BCUT2D eigenvalue weighted by Gasteiger charge is -2.08. The van der Waals surface area contributed by atoms with E-state index in [1.165, 1.54) is 0 Å². The highest BCUT2D eigenvalue weighted by molar-refractivity contribution is 6.07. The third kappa shape index (κ3) is 4.62. The van der Waals surface area contributed by atoms with Crippen LogP contribution in [-0.4, -0.2) is 10.9 Å². The highest BCUT2D eigenvalue weighted by Gasteiger charge is 2.31. The summed E-state index contributed by atoms with van der Waals surface area (Å²) in [6.07, 6.45) is -8.35. The van der Waals surface area contributed by atoms with E-state index in [2.05, 4.69) is 0 Å². The first-order valence-electron chi connectivity index (χ1n) is 6.78. The Balaban J connectivity index is 2.20. The largest absolute Gasteiger partial charge is 0.507 e. The molecule has 0 aliphatic rings. The van der Waals surface area contributed by atoms with Crippen molar-refractivity contribution in [3.05, 3.63) is 76.9 Å². The minimum absolute atomic E-state index is 0.0340. The fraction of sp³-hybridized carbons (Fsp3) is 0.118. The molecule has 2 aromatic carbocycles. The Morgan fingerprint density at radius 2 is 1.08 bits per heavy atom. The number of carbonyl (C=O) groups excluding carboxylic acids is 1. The lowest BCUT2D eigenvalue weighted by molar-refractivity contribution is -0.138. The number of ketones is 1. The first kappa shape index (κ1) is 18.6. The molecular formula is C17H10F6O2. The van der Waals surface area contributed by atoms with Gasteiger partial charge in [-0.1, -0.05) is 24.3 Å². The summed E-state index contributed by atoms with van der Waals surface area (Å²) in [6.45, 7) is 0. The highest BCUT2D eigenvalue weighted by atomic mass is 19.4. The monoisotopic (exact) mass is 360 g/mol. The third-order valence-electron chi connectivity index (χ3n) is 3.27. The Morgan fingerprint density at radius 1 is 0.720 bits per heavy atom. The fourth-order valence-corrected chi connectivity index (χ4v) is 1.94. The summed E-state index contributed by atoms with van der Waals surface area (Å²) in [5.41, 5.74) is -1.99. The van der Waals surface area contributed by atoms with Crippen molar-refractivity contribution in [3.63, 3.8) is 0 Å². The molecule has 0 radical (unpaired) electrons. The second-order valence-corrected chi connectivity index (χ2v) is 5.04. The topological polar surface area (TPSA) is 37.3 Å². The number of rotatable bonds is 3. The van der Waals surface area contributed by atoms with E-state index in [1.54, 1.807) is 0 Å². The molecule has 0 saturated carbocycles. The maximum atomic E-state index is 12.5. The Kier molecular flexibility index (Phi) is 4.92. The zero-order chi connectivity index (χ0) is 18.8. The van der Waals surface area contributed by atoms with E-state index >= 15 is 0 Å². The van der Waals surface area contributed by atoms with Crippen molar-refractivity contribution in [2.45, 2.75) is 12.4 Å². The van der Waals surface area contributed by atoms with Gasteiger partial charge in [0.15, 0.2) is 5.78 Å². The first-order chi connectivity index (χ1) is 11.5. The van der Waals surface area contributed by atoms with Gasteiger partial charge >= 0.3 is 12.4 Å². The van der Waals surface area contributed by atoms with Crippen LogP contribution < -0.4 is 0 Å². The molecule has 2 nitrogen and oxygen atoms in total. The molecule has 1 N–H and O–H groups in total. The summed E-state index contributed by atoms with van der Waals surface area (Å²) in [4.78, 5) is 11.9. The van der Waals surface area contributed by atoms with E-state index in [1.807, 2.05) is 0 Å². The number of benzene rings is 2. The van der Waals surface area contributed by atoms with Gasteiger partial charge in [-0.15, -0.1) is 0 Å². The van der Waals surface area contributed by atoms with E-state index in [0.29, 0.717) is 0 Å². The summed E-state index contributed by atoms with van der Waals surface area (Å²) >= 11 is 0. The number of halogens is 6. The van der Waals surface area contributed by atoms with Crippen LogP contribution in [0.4, 0.5) is 26.3 Å². The predicted molar refractivity (Wildman–Crippen MR) is 77.8 cm³/mol. The molecule has 0 bridgehead atoms. The number of aliphatic hydroxyl groups excluding tert-OH is 1. The molecule has 0 fully saturated rings.